The van der Waals surface area contributed by atoms with Crippen LogP contribution in [0, 0.1) is 5.92 Å². The first-order valence-corrected chi connectivity index (χ1v) is 4.80. The number of aliphatic hydroxyl groups is 1. The van der Waals surface area contributed by atoms with Gasteiger partial charge in [-0.2, -0.15) is 0 Å². The fraction of sp³-hybridized carbons (Fsp3) is 0.545. The number of ketones is 1. The smallest absolute Gasteiger partial charge is 0.147 e. The first-order chi connectivity index (χ1) is 6.48. The van der Waals surface area contributed by atoms with Crippen molar-refractivity contribution in [1.29, 1.82) is 0 Å². The van der Waals surface area contributed by atoms with Gasteiger partial charge in [-0.1, -0.05) is 0 Å². The molecular formula is C11H14O3. The maximum absolute atomic E-state index is 11.7. The number of hydrogen-bond donors (Lipinski definition) is 1. The monoisotopic (exact) mass is 194 g/mol. The lowest BCUT2D eigenvalue weighted by molar-refractivity contribution is -0.135. The number of hydrogen-bond acceptors (Lipinski definition) is 3. The predicted molar refractivity (Wildman–Crippen MR) is 51.7 cm³/mol. The number of aliphatic hydroxyl groups excluding tert-OH is 1. The summed E-state index contributed by atoms with van der Waals surface area (Å²) in [4.78, 5) is 11.7. The molecule has 1 saturated heterocycles. The molecule has 0 saturated carbocycles. The Morgan fingerprint density at radius 1 is 1.57 bits per heavy atom. The van der Waals surface area contributed by atoms with E-state index in [-0.39, 0.29) is 17.5 Å². The molecule has 3 nitrogen and oxygen atoms in total. The largest absolute Gasteiger partial charge is 0.508 e. The molecule has 1 unspecified atom stereocenters. The average Bonchev–Trinajstić information content (AvgIpc) is 2.00. The topological polar surface area (TPSA) is 46.5 Å². The van der Waals surface area contributed by atoms with E-state index in [1.807, 2.05) is 13.8 Å². The van der Waals surface area contributed by atoms with Gasteiger partial charge < -0.3 is 9.84 Å². The van der Waals surface area contributed by atoms with Gasteiger partial charge in [0.2, 0.25) is 0 Å². The minimum atomic E-state index is -0.433. The van der Waals surface area contributed by atoms with E-state index in [1.165, 1.54) is 0 Å². The molecule has 0 radical (unpaired) electrons. The van der Waals surface area contributed by atoms with Gasteiger partial charge in [0.15, 0.2) is 0 Å². The fourth-order valence-corrected chi connectivity index (χ4v) is 1.95. The molecule has 0 amide bonds. The molecule has 14 heavy (non-hydrogen) atoms. The van der Waals surface area contributed by atoms with Gasteiger partial charge in [-0.05, 0) is 26.3 Å². The van der Waals surface area contributed by atoms with Crippen LogP contribution in [-0.4, -0.2) is 16.5 Å². The SMILES string of the molecule is CC1(C)CC(=O)C2CC=C(O)C=C2O1. The highest BCUT2D eigenvalue weighted by atomic mass is 16.5. The van der Waals surface area contributed by atoms with Crippen LogP contribution >= 0.6 is 0 Å². The molecule has 2 aliphatic rings. The quantitative estimate of drug-likeness (QED) is 0.642. The lowest BCUT2D eigenvalue weighted by Gasteiger charge is -2.37. The second-order valence-corrected chi connectivity index (χ2v) is 4.47. The summed E-state index contributed by atoms with van der Waals surface area (Å²) in [6, 6.07) is 0. The van der Waals surface area contributed by atoms with Crippen molar-refractivity contribution in [3.05, 3.63) is 23.7 Å². The van der Waals surface area contributed by atoms with Crippen LogP contribution < -0.4 is 0 Å². The number of fused-ring (bicyclic) bond motifs is 1. The molecule has 1 aliphatic carbocycles. The van der Waals surface area contributed by atoms with Crippen molar-refractivity contribution in [2.45, 2.75) is 32.3 Å². The highest BCUT2D eigenvalue weighted by Crippen LogP contribution is 2.36. The van der Waals surface area contributed by atoms with E-state index in [0.29, 0.717) is 18.6 Å². The van der Waals surface area contributed by atoms with Crippen LogP contribution in [0.25, 0.3) is 0 Å². The van der Waals surface area contributed by atoms with Crippen molar-refractivity contribution in [3.8, 4) is 0 Å². The average molecular weight is 194 g/mol. The number of Topliss-reactive ketones (excluding diaryl/α,β-unsaturated/α-hetero) is 1. The Balaban J connectivity index is 2.31. The number of allylic oxidation sites excluding steroid dienone is 3. The molecule has 2 rings (SSSR count). The summed E-state index contributed by atoms with van der Waals surface area (Å²) in [5.41, 5.74) is -0.433. The van der Waals surface area contributed by atoms with E-state index in [9.17, 15) is 9.90 Å². The molecule has 0 aromatic carbocycles. The van der Waals surface area contributed by atoms with E-state index in [0.717, 1.165) is 0 Å². The normalized spacial score (nSPS) is 29.9. The third-order valence-electron chi connectivity index (χ3n) is 2.58. The molecule has 0 bridgehead atoms. The van der Waals surface area contributed by atoms with Crippen LogP contribution in [0.5, 0.6) is 0 Å². The van der Waals surface area contributed by atoms with Crippen LogP contribution in [0.2, 0.25) is 0 Å². The lowest BCUT2D eigenvalue weighted by Crippen LogP contribution is -2.39. The molecule has 1 aliphatic heterocycles. The van der Waals surface area contributed by atoms with E-state index < -0.39 is 5.60 Å². The molecule has 0 spiro atoms. The Labute approximate surface area is 83.1 Å². The zero-order valence-corrected chi connectivity index (χ0v) is 8.41. The zero-order valence-electron chi connectivity index (χ0n) is 8.41. The Morgan fingerprint density at radius 3 is 3.00 bits per heavy atom. The summed E-state index contributed by atoms with van der Waals surface area (Å²) in [5, 5.41) is 9.30. The van der Waals surface area contributed by atoms with Crippen LogP contribution in [0.3, 0.4) is 0 Å². The molecule has 1 N–H and O–H groups in total. The zero-order chi connectivity index (χ0) is 10.3. The molecular weight excluding hydrogens is 180 g/mol. The van der Waals surface area contributed by atoms with Crippen molar-refractivity contribution in [2.24, 2.45) is 5.92 Å². The Kier molecular flexibility index (Phi) is 1.91. The van der Waals surface area contributed by atoms with Gasteiger partial charge in [-0.25, -0.2) is 0 Å². The maximum Gasteiger partial charge on any atom is 0.147 e. The molecule has 1 atom stereocenters. The van der Waals surface area contributed by atoms with Gasteiger partial charge in [0, 0.05) is 12.5 Å². The van der Waals surface area contributed by atoms with Crippen molar-refractivity contribution in [2.75, 3.05) is 0 Å². The Morgan fingerprint density at radius 2 is 2.29 bits per heavy atom. The van der Waals surface area contributed by atoms with Gasteiger partial charge in [-0.15, -0.1) is 0 Å². The maximum atomic E-state index is 11.7. The standard InChI is InChI=1S/C11H14O3/c1-11(2)6-9(13)8-4-3-7(12)5-10(8)14-11/h3,5,8,12H,4,6H2,1-2H3. The molecule has 1 heterocycles. The summed E-state index contributed by atoms with van der Waals surface area (Å²) in [6.07, 6.45) is 4.22. The number of carbonyl (C=O) groups is 1. The highest BCUT2D eigenvalue weighted by Gasteiger charge is 2.39. The lowest BCUT2D eigenvalue weighted by atomic mass is 9.84. The minimum Gasteiger partial charge on any atom is -0.508 e. The minimum absolute atomic E-state index is 0.168. The second kappa shape index (κ2) is 2.87. The van der Waals surface area contributed by atoms with Gasteiger partial charge >= 0.3 is 0 Å². The Bertz CT molecular complexity index is 336. The molecule has 1 fully saturated rings. The third kappa shape index (κ3) is 1.54. The van der Waals surface area contributed by atoms with Crippen molar-refractivity contribution < 1.29 is 14.6 Å². The molecule has 3 heteroatoms. The van der Waals surface area contributed by atoms with E-state index in [1.54, 1.807) is 12.2 Å². The van der Waals surface area contributed by atoms with Gasteiger partial charge in [-0.3, -0.25) is 4.79 Å². The van der Waals surface area contributed by atoms with Crippen LogP contribution in [-0.2, 0) is 9.53 Å². The van der Waals surface area contributed by atoms with Gasteiger partial charge in [0.25, 0.3) is 0 Å². The van der Waals surface area contributed by atoms with Gasteiger partial charge in [0.1, 0.15) is 22.9 Å². The van der Waals surface area contributed by atoms with Crippen molar-refractivity contribution in [1.82, 2.24) is 0 Å². The summed E-state index contributed by atoms with van der Waals surface area (Å²) in [5.74, 6) is 0.850. The van der Waals surface area contributed by atoms with E-state index in [2.05, 4.69) is 0 Å². The van der Waals surface area contributed by atoms with E-state index in [4.69, 9.17) is 4.74 Å². The number of ether oxygens (including phenoxy) is 1. The van der Waals surface area contributed by atoms with Crippen LogP contribution in [0.1, 0.15) is 26.7 Å². The molecule has 0 aromatic rings. The first-order valence-electron chi connectivity index (χ1n) is 4.80. The van der Waals surface area contributed by atoms with Crippen LogP contribution in [0.15, 0.2) is 23.7 Å². The summed E-state index contributed by atoms with van der Waals surface area (Å²) in [7, 11) is 0. The van der Waals surface area contributed by atoms with Crippen molar-refractivity contribution in [3.63, 3.8) is 0 Å². The second-order valence-electron chi connectivity index (χ2n) is 4.47. The Hall–Kier alpha value is -1.25. The molecule has 76 valence electrons. The summed E-state index contributed by atoms with van der Waals surface area (Å²) < 4.78 is 5.66. The highest BCUT2D eigenvalue weighted by molar-refractivity contribution is 5.85. The van der Waals surface area contributed by atoms with Gasteiger partial charge in [0.05, 0.1) is 5.92 Å². The molecule has 0 aromatic heterocycles. The summed E-state index contributed by atoms with van der Waals surface area (Å²) in [6.45, 7) is 3.77. The predicted octanol–water partition coefficient (Wildman–Crippen LogP) is 2.10. The third-order valence-corrected chi connectivity index (χ3v) is 2.58. The number of rotatable bonds is 0. The number of carbonyl (C=O) groups excluding carboxylic acids is 1. The first kappa shape index (κ1) is 9.31. The van der Waals surface area contributed by atoms with E-state index >= 15 is 0 Å². The van der Waals surface area contributed by atoms with Crippen molar-refractivity contribution >= 4 is 5.78 Å². The fourth-order valence-electron chi connectivity index (χ4n) is 1.95. The van der Waals surface area contributed by atoms with Crippen LogP contribution in [0.4, 0.5) is 0 Å². The summed E-state index contributed by atoms with van der Waals surface area (Å²) >= 11 is 0.